The third-order valence-corrected chi connectivity index (χ3v) is 18.2. The summed E-state index contributed by atoms with van der Waals surface area (Å²) in [4.78, 5) is 13.2. The van der Waals surface area contributed by atoms with Crippen LogP contribution in [-0.2, 0) is 16.2 Å². The molecule has 0 amide bonds. The van der Waals surface area contributed by atoms with Gasteiger partial charge in [0.15, 0.2) is 0 Å². The number of hydrogen-bond acceptors (Lipinski definition) is 3. The molecule has 1 atom stereocenters. The summed E-state index contributed by atoms with van der Waals surface area (Å²) in [5.41, 5.74) is 28.9. The normalized spacial score (nSPS) is 17.1. The molecule has 11 aromatic rings. The lowest BCUT2D eigenvalue weighted by Crippen LogP contribution is -2.33. The molecule has 1 aliphatic heterocycles. The van der Waals surface area contributed by atoms with Crippen LogP contribution in [0, 0.1) is 0 Å². The Labute approximate surface area is 410 Å². The fourth-order valence-electron chi connectivity index (χ4n) is 14.6. The van der Waals surface area contributed by atoms with Crippen molar-refractivity contribution in [1.29, 1.82) is 0 Å². The number of aromatic nitrogens is 2. The highest BCUT2D eigenvalue weighted by atomic mass is 32.2. The van der Waals surface area contributed by atoms with Gasteiger partial charge >= 0.3 is 0 Å². The average molecular weight is 903 g/mol. The average Bonchev–Trinajstić information content (AvgIpc) is 4.17. The van der Waals surface area contributed by atoms with Gasteiger partial charge in [-0.05, 0) is 148 Å². The summed E-state index contributed by atoms with van der Waals surface area (Å²) in [7, 11) is 0. The molecule has 0 bridgehead atoms. The molecule has 322 valence electrons. The molecule has 70 heavy (non-hydrogen) atoms. The number of fused-ring (bicyclic) bond motifs is 29. The highest BCUT2D eigenvalue weighted by molar-refractivity contribution is 7.99. The van der Waals surface area contributed by atoms with E-state index in [2.05, 4.69) is 225 Å². The van der Waals surface area contributed by atoms with E-state index in [0.29, 0.717) is 0 Å². The summed E-state index contributed by atoms with van der Waals surface area (Å²) in [6, 6.07) is 82.9. The van der Waals surface area contributed by atoms with Gasteiger partial charge in [0.1, 0.15) is 0 Å². The zero-order valence-corrected chi connectivity index (χ0v) is 38.6. The number of hydrogen-bond donors (Lipinski definition) is 0. The molecule has 3 heteroatoms. The van der Waals surface area contributed by atoms with Gasteiger partial charge in [0.2, 0.25) is 0 Å². The van der Waals surface area contributed by atoms with E-state index < -0.39 is 16.2 Å². The van der Waals surface area contributed by atoms with E-state index in [1.54, 1.807) is 0 Å². The first-order valence-electron chi connectivity index (χ1n) is 24.4. The lowest BCUT2D eigenvalue weighted by molar-refractivity contribution is 0.715. The second-order valence-corrected chi connectivity index (χ2v) is 20.9. The fourth-order valence-corrected chi connectivity index (χ4v) is 15.8. The molecule has 0 N–H and O–H groups in total. The molecule has 3 heterocycles. The quantitative estimate of drug-likeness (QED) is 0.164. The molecule has 0 fully saturated rings. The van der Waals surface area contributed by atoms with Crippen LogP contribution in [0.25, 0.3) is 67.0 Å². The van der Waals surface area contributed by atoms with E-state index in [9.17, 15) is 0 Å². The minimum absolute atomic E-state index is 0.390. The van der Waals surface area contributed by atoms with E-state index in [-0.39, 0.29) is 0 Å². The van der Waals surface area contributed by atoms with Crippen molar-refractivity contribution in [1.82, 2.24) is 9.97 Å². The van der Waals surface area contributed by atoms with Gasteiger partial charge < -0.3 is 0 Å². The van der Waals surface area contributed by atoms with Gasteiger partial charge in [0, 0.05) is 33.3 Å². The van der Waals surface area contributed by atoms with E-state index in [1.807, 2.05) is 18.0 Å². The van der Waals surface area contributed by atoms with Crippen molar-refractivity contribution in [3.05, 3.63) is 298 Å². The Morgan fingerprint density at radius 2 is 0.686 bits per heavy atom. The van der Waals surface area contributed by atoms with Crippen molar-refractivity contribution in [2.75, 3.05) is 0 Å². The topological polar surface area (TPSA) is 25.8 Å². The van der Waals surface area contributed by atoms with Crippen molar-refractivity contribution in [3.63, 3.8) is 0 Å². The molecule has 0 radical (unpaired) electrons. The van der Waals surface area contributed by atoms with Crippen molar-refractivity contribution in [3.8, 4) is 67.0 Å². The minimum Gasteiger partial charge on any atom is -0.254 e. The Kier molecular flexibility index (Phi) is 7.00. The van der Waals surface area contributed by atoms with Gasteiger partial charge in [0.05, 0.1) is 27.6 Å². The van der Waals surface area contributed by atoms with Gasteiger partial charge in [-0.15, -0.1) is 0 Å². The van der Waals surface area contributed by atoms with Crippen LogP contribution < -0.4 is 0 Å². The molecule has 6 aliphatic rings. The van der Waals surface area contributed by atoms with Crippen molar-refractivity contribution in [2.45, 2.75) is 26.0 Å². The first-order chi connectivity index (χ1) is 34.7. The molecule has 5 aliphatic carbocycles. The molecule has 0 saturated carbocycles. The number of pyridine rings is 2. The SMILES string of the molecule is c1ccc2c(c1)Sc1cc3c(cc1C21c2cccnc2-c2ncc(-c4ccc5c(c4)-c4ccccc4C54c5ccccc5-c5ccccc54)cc21)-c1ccccc1C31c2ccccc2-c2ccccc21. The highest BCUT2D eigenvalue weighted by Crippen LogP contribution is 2.68. The molecule has 17 rings (SSSR count). The third kappa shape index (κ3) is 4.17. The highest BCUT2D eigenvalue weighted by Gasteiger charge is 2.56. The molecule has 9 aromatic carbocycles. The maximum atomic E-state index is 5.49. The molecular formula is C67H38N2S. The zero-order chi connectivity index (χ0) is 45.5. The standard InChI is InChI=1S/C67H38N2S/c1-7-22-49-41(16-1)42-17-2-8-23-50(42)65(49)53-26-11-5-20-45(53)47-34-39(31-32-55(47)65)40-35-60-64(69-38-40)63-57(29-15-33-68-63)67(60)56-28-13-14-30-61(56)70-62-37-58-48(36-59(62)67)46-21-6-12-27-54(46)66(58)51-24-9-3-18-43(51)44-19-4-10-25-52(44)66/h1-38H. The Morgan fingerprint density at radius 1 is 0.257 bits per heavy atom. The summed E-state index contributed by atoms with van der Waals surface area (Å²) in [5, 5.41) is 0. The van der Waals surface area contributed by atoms with E-state index in [0.717, 1.165) is 22.5 Å². The molecule has 2 nitrogen and oxygen atoms in total. The summed E-state index contributed by atoms with van der Waals surface area (Å²) in [6.45, 7) is 0. The Bertz CT molecular complexity index is 4110. The second kappa shape index (κ2) is 13.0. The maximum absolute atomic E-state index is 5.49. The summed E-state index contributed by atoms with van der Waals surface area (Å²) >= 11 is 1.91. The lowest BCUT2D eigenvalue weighted by Gasteiger charge is -2.40. The van der Waals surface area contributed by atoms with Crippen molar-refractivity contribution >= 4 is 11.8 Å². The summed E-state index contributed by atoms with van der Waals surface area (Å²) in [6.07, 6.45) is 4.03. The van der Waals surface area contributed by atoms with Crippen LogP contribution in [0.15, 0.2) is 241 Å². The second-order valence-electron chi connectivity index (χ2n) is 19.8. The predicted molar refractivity (Wildman–Crippen MR) is 281 cm³/mol. The van der Waals surface area contributed by atoms with Crippen molar-refractivity contribution < 1.29 is 0 Å². The Morgan fingerprint density at radius 3 is 1.26 bits per heavy atom. The van der Waals surface area contributed by atoms with E-state index in [1.165, 1.54) is 121 Å². The van der Waals surface area contributed by atoms with Crippen LogP contribution in [0.4, 0.5) is 0 Å². The van der Waals surface area contributed by atoms with Crippen LogP contribution in [-0.4, -0.2) is 9.97 Å². The third-order valence-electron chi connectivity index (χ3n) is 17.1. The van der Waals surface area contributed by atoms with E-state index >= 15 is 0 Å². The summed E-state index contributed by atoms with van der Waals surface area (Å²) < 4.78 is 0. The van der Waals surface area contributed by atoms with E-state index in [4.69, 9.17) is 9.97 Å². The van der Waals surface area contributed by atoms with Crippen molar-refractivity contribution in [2.24, 2.45) is 0 Å². The molecule has 0 saturated heterocycles. The Balaban J connectivity index is 0.917. The van der Waals surface area contributed by atoms with Crippen LogP contribution in [0.3, 0.4) is 0 Å². The van der Waals surface area contributed by atoms with Gasteiger partial charge in [0.25, 0.3) is 0 Å². The Hall–Kier alpha value is -8.37. The van der Waals surface area contributed by atoms with Crippen LogP contribution >= 0.6 is 11.8 Å². The minimum atomic E-state index is -0.672. The fraction of sp³-hybridized carbons (Fsp3) is 0.0448. The van der Waals surface area contributed by atoms with Crippen LogP contribution in [0.2, 0.25) is 0 Å². The first kappa shape index (κ1) is 37.6. The largest absolute Gasteiger partial charge is 0.254 e. The molecule has 1 unspecified atom stereocenters. The van der Waals surface area contributed by atoms with Crippen LogP contribution in [0.1, 0.15) is 66.8 Å². The zero-order valence-electron chi connectivity index (χ0n) is 37.7. The first-order valence-corrected chi connectivity index (χ1v) is 25.2. The van der Waals surface area contributed by atoms with Gasteiger partial charge in [-0.1, -0.05) is 194 Å². The van der Waals surface area contributed by atoms with Crippen LogP contribution in [0.5, 0.6) is 0 Å². The van der Waals surface area contributed by atoms with Gasteiger partial charge in [-0.2, -0.15) is 0 Å². The monoisotopic (exact) mass is 902 g/mol. The maximum Gasteiger partial charge on any atom is 0.0937 e. The molecular weight excluding hydrogens is 865 g/mol. The molecule has 2 aromatic heterocycles. The number of rotatable bonds is 1. The predicted octanol–water partition coefficient (Wildman–Crippen LogP) is 15.7. The lowest BCUT2D eigenvalue weighted by atomic mass is 9.66. The van der Waals surface area contributed by atoms with Gasteiger partial charge in [-0.3, -0.25) is 9.97 Å². The smallest absolute Gasteiger partial charge is 0.0937 e. The molecule has 3 spiro atoms. The number of nitrogens with zero attached hydrogens (tertiary/aromatic N) is 2. The van der Waals surface area contributed by atoms with Gasteiger partial charge in [-0.25, -0.2) is 0 Å². The number of benzene rings is 9. The summed E-state index contributed by atoms with van der Waals surface area (Å²) in [5.74, 6) is 0.